The van der Waals surface area contributed by atoms with Crippen LogP contribution in [0.4, 0.5) is 0 Å². The van der Waals surface area contributed by atoms with Gasteiger partial charge in [-0.3, -0.25) is 9.78 Å². The van der Waals surface area contributed by atoms with Crippen molar-refractivity contribution in [3.05, 3.63) is 36.2 Å². The van der Waals surface area contributed by atoms with Crippen molar-refractivity contribution >= 4 is 5.78 Å². The van der Waals surface area contributed by atoms with Gasteiger partial charge in [0.15, 0.2) is 0 Å². The minimum atomic E-state index is -0.427. The fraction of sp³-hybridized carbons (Fsp3) is 0.300. The maximum Gasteiger partial charge on any atom is 0.209 e. The summed E-state index contributed by atoms with van der Waals surface area (Å²) in [5.41, 5.74) is 0.296. The summed E-state index contributed by atoms with van der Waals surface area (Å²) in [6.45, 7) is 0.874. The van der Waals surface area contributed by atoms with Crippen LogP contribution in [0.3, 0.4) is 0 Å². The van der Waals surface area contributed by atoms with Crippen LogP contribution in [0.15, 0.2) is 30.5 Å². The second kappa shape index (κ2) is 4.71. The first-order valence-corrected chi connectivity index (χ1v) is 4.93. The number of allylic oxidation sites excluding steroid dienone is 1. The van der Waals surface area contributed by atoms with Gasteiger partial charge in [0.05, 0.1) is 12.3 Å². The molecule has 3 N–H and O–H groups in total. The highest BCUT2D eigenvalue weighted by atomic mass is 16.3. The van der Waals surface area contributed by atoms with E-state index in [0.717, 1.165) is 0 Å². The molecule has 84 valence electrons. The van der Waals surface area contributed by atoms with Crippen LogP contribution in [0.25, 0.3) is 0 Å². The molecular weight excluding hydrogens is 208 g/mol. The summed E-state index contributed by atoms with van der Waals surface area (Å²) < 4.78 is 0. The summed E-state index contributed by atoms with van der Waals surface area (Å²) >= 11 is 0. The Morgan fingerprint density at radius 2 is 2.19 bits per heavy atom. The van der Waals surface area contributed by atoms with Crippen LogP contribution in [0.2, 0.25) is 0 Å². The fourth-order valence-electron chi connectivity index (χ4n) is 1.32. The van der Waals surface area contributed by atoms with Crippen LogP contribution in [0, 0.1) is 0 Å². The number of hydrogen-bond acceptors (Lipinski definition) is 6. The fourth-order valence-corrected chi connectivity index (χ4v) is 1.32. The topological polar surface area (TPSA) is 87.1 Å². The summed E-state index contributed by atoms with van der Waals surface area (Å²) in [6, 6.07) is 0. The van der Waals surface area contributed by atoms with Gasteiger partial charge in [-0.05, 0) is 0 Å². The van der Waals surface area contributed by atoms with Crippen LogP contribution in [-0.2, 0) is 0 Å². The lowest BCUT2D eigenvalue weighted by molar-refractivity contribution is 0.103. The van der Waals surface area contributed by atoms with Crippen molar-refractivity contribution in [1.29, 1.82) is 0 Å². The highest BCUT2D eigenvalue weighted by Gasteiger charge is 2.13. The quantitative estimate of drug-likeness (QED) is 0.440. The highest BCUT2D eigenvalue weighted by molar-refractivity contribution is 6.03. The molecule has 1 aliphatic rings. The van der Waals surface area contributed by atoms with Crippen molar-refractivity contribution in [2.24, 2.45) is 0 Å². The van der Waals surface area contributed by atoms with Crippen LogP contribution in [-0.4, -0.2) is 40.1 Å². The number of aliphatic hydroxyl groups excluding tert-OH is 1. The van der Waals surface area contributed by atoms with Gasteiger partial charge in [0.2, 0.25) is 5.78 Å². The lowest BCUT2D eigenvalue weighted by Gasteiger charge is -2.23. The molecule has 16 heavy (non-hydrogen) atoms. The van der Waals surface area contributed by atoms with Crippen molar-refractivity contribution in [2.75, 3.05) is 13.1 Å². The van der Waals surface area contributed by atoms with Crippen molar-refractivity contribution in [3.63, 3.8) is 0 Å². The van der Waals surface area contributed by atoms with E-state index in [0.29, 0.717) is 24.6 Å². The molecule has 0 saturated carbocycles. The number of carbonyl (C=O) groups excluding carboxylic acids is 1. The number of nitrogens with zero attached hydrogens (tertiary/aromatic N) is 2. The Kier molecular flexibility index (Phi) is 3.11. The number of nitrogens with one attached hydrogen (secondary N) is 2. The summed E-state index contributed by atoms with van der Waals surface area (Å²) in [5, 5.41) is 15.0. The first kappa shape index (κ1) is 10.6. The van der Waals surface area contributed by atoms with E-state index in [9.17, 15) is 9.90 Å². The smallest absolute Gasteiger partial charge is 0.209 e. The Bertz CT molecular complexity index is 395. The standard InChI is InChI=1S/C10H12N4O2/c15-7-4-13-10(14-5-7)3-9(16)8-6-11-1-2-12-8/h1-3,6-7,13-15H,4-5H2. The first-order valence-electron chi connectivity index (χ1n) is 4.93. The van der Waals surface area contributed by atoms with Crippen molar-refractivity contribution in [2.45, 2.75) is 6.10 Å². The van der Waals surface area contributed by atoms with Gasteiger partial charge < -0.3 is 15.7 Å². The van der Waals surface area contributed by atoms with Gasteiger partial charge in [-0.2, -0.15) is 0 Å². The number of β-amino-alcohol motifs (C(OH)–C–C–N with tert-alkyl or cyclic N) is 1. The molecule has 1 saturated heterocycles. The Balaban J connectivity index is 2.04. The molecule has 1 aliphatic heterocycles. The minimum absolute atomic E-state index is 0.223. The summed E-state index contributed by atoms with van der Waals surface area (Å²) in [6.07, 6.45) is 5.38. The van der Waals surface area contributed by atoms with E-state index in [-0.39, 0.29) is 5.78 Å². The average molecular weight is 220 g/mol. The molecule has 0 radical (unpaired) electrons. The number of ketones is 1. The van der Waals surface area contributed by atoms with Gasteiger partial charge in [-0.1, -0.05) is 0 Å². The SMILES string of the molecule is O=C(C=C1NCC(O)CN1)c1cnccn1. The van der Waals surface area contributed by atoms with E-state index in [1.54, 1.807) is 0 Å². The molecule has 0 amide bonds. The lowest BCUT2D eigenvalue weighted by atomic mass is 10.2. The van der Waals surface area contributed by atoms with Crippen LogP contribution < -0.4 is 10.6 Å². The molecule has 1 aromatic rings. The molecule has 1 aromatic heterocycles. The third-order valence-corrected chi connectivity index (χ3v) is 2.15. The van der Waals surface area contributed by atoms with E-state index < -0.39 is 6.10 Å². The Labute approximate surface area is 92.4 Å². The summed E-state index contributed by atoms with van der Waals surface area (Å²) in [7, 11) is 0. The molecular formula is C10H12N4O2. The highest BCUT2D eigenvalue weighted by Crippen LogP contribution is 1.99. The number of hydrogen-bond donors (Lipinski definition) is 3. The van der Waals surface area contributed by atoms with Gasteiger partial charge in [0, 0.05) is 31.6 Å². The number of carbonyl (C=O) groups is 1. The van der Waals surface area contributed by atoms with Gasteiger partial charge >= 0.3 is 0 Å². The van der Waals surface area contributed by atoms with Crippen molar-refractivity contribution in [1.82, 2.24) is 20.6 Å². The third kappa shape index (κ3) is 2.54. The molecule has 0 aromatic carbocycles. The monoisotopic (exact) mass is 220 g/mol. The summed E-state index contributed by atoms with van der Waals surface area (Å²) in [4.78, 5) is 19.4. The summed E-state index contributed by atoms with van der Waals surface area (Å²) in [5.74, 6) is 0.375. The largest absolute Gasteiger partial charge is 0.389 e. The number of rotatable bonds is 2. The Hall–Kier alpha value is -1.95. The molecule has 0 atom stereocenters. The van der Waals surface area contributed by atoms with Gasteiger partial charge in [-0.15, -0.1) is 0 Å². The molecule has 2 rings (SSSR count). The molecule has 1 fully saturated rings. The zero-order valence-electron chi connectivity index (χ0n) is 8.55. The molecule has 6 heteroatoms. The molecule has 0 aliphatic carbocycles. The second-order valence-corrected chi connectivity index (χ2v) is 3.43. The maximum absolute atomic E-state index is 11.7. The molecule has 2 heterocycles. The Morgan fingerprint density at radius 1 is 1.44 bits per heavy atom. The maximum atomic E-state index is 11.7. The predicted octanol–water partition coefficient (Wildman–Crippen LogP) is -0.946. The molecule has 6 nitrogen and oxygen atoms in total. The van der Waals surface area contributed by atoms with Crippen molar-refractivity contribution < 1.29 is 9.90 Å². The molecule has 0 bridgehead atoms. The van der Waals surface area contributed by atoms with Gasteiger partial charge in [0.1, 0.15) is 11.5 Å². The normalized spacial score (nSPS) is 19.6. The third-order valence-electron chi connectivity index (χ3n) is 2.15. The molecule has 0 unspecified atom stereocenters. The van der Waals surface area contributed by atoms with E-state index in [2.05, 4.69) is 20.6 Å². The second-order valence-electron chi connectivity index (χ2n) is 3.43. The number of aliphatic hydroxyl groups is 1. The van der Waals surface area contributed by atoms with Crippen molar-refractivity contribution in [3.8, 4) is 0 Å². The van der Waals surface area contributed by atoms with E-state index >= 15 is 0 Å². The predicted molar refractivity (Wildman–Crippen MR) is 56.5 cm³/mol. The molecule has 0 spiro atoms. The van der Waals surface area contributed by atoms with E-state index in [4.69, 9.17) is 0 Å². The average Bonchev–Trinajstić information content (AvgIpc) is 2.33. The van der Waals surface area contributed by atoms with Gasteiger partial charge in [-0.25, -0.2) is 4.98 Å². The zero-order chi connectivity index (χ0) is 11.4. The van der Waals surface area contributed by atoms with Gasteiger partial charge in [0.25, 0.3) is 0 Å². The first-order chi connectivity index (χ1) is 7.75. The number of aromatic nitrogens is 2. The Morgan fingerprint density at radius 3 is 2.81 bits per heavy atom. The van der Waals surface area contributed by atoms with Crippen LogP contribution in [0.1, 0.15) is 10.5 Å². The zero-order valence-corrected chi connectivity index (χ0v) is 8.55. The van der Waals surface area contributed by atoms with Crippen LogP contribution >= 0.6 is 0 Å². The minimum Gasteiger partial charge on any atom is -0.389 e. The lowest BCUT2D eigenvalue weighted by Crippen LogP contribution is -2.45. The van der Waals surface area contributed by atoms with Crippen LogP contribution in [0.5, 0.6) is 0 Å². The van der Waals surface area contributed by atoms with E-state index in [1.165, 1.54) is 24.7 Å². The van der Waals surface area contributed by atoms with E-state index in [1.807, 2.05) is 0 Å².